The van der Waals surface area contributed by atoms with Crippen molar-refractivity contribution < 1.29 is 27.8 Å². The van der Waals surface area contributed by atoms with Crippen molar-refractivity contribution in [2.45, 2.75) is 58.9 Å². The summed E-state index contributed by atoms with van der Waals surface area (Å²) in [6, 6.07) is 12.3. The highest BCUT2D eigenvalue weighted by Crippen LogP contribution is 2.20. The van der Waals surface area contributed by atoms with E-state index in [1.165, 1.54) is 4.31 Å². The summed E-state index contributed by atoms with van der Waals surface area (Å²) in [6.07, 6.45) is -0.501. The predicted octanol–water partition coefficient (Wildman–Crippen LogP) is 4.69. The molecule has 39 heavy (non-hydrogen) atoms. The summed E-state index contributed by atoms with van der Waals surface area (Å²) >= 11 is 9.59. The van der Waals surface area contributed by atoms with Gasteiger partial charge in [-0.15, -0.1) is 0 Å². The molecule has 2 aromatic rings. The minimum atomic E-state index is -2.36. The number of carbonyl (C=O) groups is 2. The molecule has 0 spiro atoms. The van der Waals surface area contributed by atoms with E-state index < -0.39 is 29.5 Å². The van der Waals surface area contributed by atoms with E-state index in [2.05, 4.69) is 5.32 Å². The Hall–Kier alpha value is -2.21. The number of nitrogens with one attached hydrogen (secondary N) is 1. The number of rotatable bonds is 16. The van der Waals surface area contributed by atoms with Crippen LogP contribution in [-0.2, 0) is 36.8 Å². The third-order valence-electron chi connectivity index (χ3n) is 5.79. The average Bonchev–Trinajstić information content (AvgIpc) is 2.88. The molecule has 0 bridgehead atoms. The monoisotopic (exact) mass is 601 g/mol. The van der Waals surface area contributed by atoms with Crippen LogP contribution < -0.4 is 9.62 Å². The van der Waals surface area contributed by atoms with Crippen LogP contribution in [0.3, 0.4) is 0 Å². The first kappa shape index (κ1) is 33.0. The molecule has 0 fully saturated rings. The van der Waals surface area contributed by atoms with Gasteiger partial charge in [0, 0.05) is 48.7 Å². The third kappa shape index (κ3) is 11.1. The molecule has 0 aromatic heterocycles. The minimum Gasteiger partial charge on any atom is -0.351 e. The zero-order valence-corrected chi connectivity index (χ0v) is 25.0. The van der Waals surface area contributed by atoms with Crippen molar-refractivity contribution in [3.63, 3.8) is 0 Å². The largest absolute Gasteiger partial charge is 0.351 e. The molecule has 0 radical (unpaired) electrons. The Labute approximate surface area is 243 Å². The first-order valence-electron chi connectivity index (χ1n) is 12.8. The van der Waals surface area contributed by atoms with Gasteiger partial charge >= 0.3 is 0 Å². The third-order valence-corrected chi connectivity index (χ3v) is 7.06. The molecule has 2 rings (SSSR count). The quantitative estimate of drug-likeness (QED) is 0.213. The van der Waals surface area contributed by atoms with Gasteiger partial charge in [0.25, 0.3) is 11.3 Å². The predicted molar refractivity (Wildman–Crippen MR) is 155 cm³/mol. The van der Waals surface area contributed by atoms with E-state index in [4.69, 9.17) is 32.7 Å². The molecular formula is C27H37Cl2N3O6S. The number of anilines is 1. The molecule has 0 heterocycles. The summed E-state index contributed by atoms with van der Waals surface area (Å²) in [5, 5.41) is 3.88. The topological polar surface area (TPSA) is 108 Å². The van der Waals surface area contributed by atoms with Gasteiger partial charge in [0.05, 0.1) is 12.2 Å². The number of benzene rings is 2. The molecule has 2 amide bonds. The highest BCUT2D eigenvalue weighted by molar-refractivity contribution is 7.80. The number of halogens is 2. The normalized spacial score (nSPS) is 12.8. The van der Waals surface area contributed by atoms with E-state index in [0.717, 1.165) is 5.56 Å². The molecule has 9 nitrogen and oxygen atoms in total. The second-order valence-corrected chi connectivity index (χ2v) is 10.7. The second kappa shape index (κ2) is 16.8. The van der Waals surface area contributed by atoms with Crippen LogP contribution in [0, 0.1) is 0 Å². The Balaban J connectivity index is 2.22. The lowest BCUT2D eigenvalue weighted by atomic mass is 10.0. The molecule has 2 N–H and O–H groups in total. The van der Waals surface area contributed by atoms with Gasteiger partial charge in [0.1, 0.15) is 6.04 Å². The number of amides is 2. The van der Waals surface area contributed by atoms with E-state index in [1.807, 2.05) is 27.7 Å². The SMILES string of the molecule is CCOC(CN(C(=O)C(Cc1ccc(Cl)cc1)NC(=O)CCN(c1ccc(Cl)cc1)S(=O)O)C(C)C)OCC. The summed E-state index contributed by atoms with van der Waals surface area (Å²) in [5.74, 6) is -0.736. The zero-order chi connectivity index (χ0) is 28.9. The molecule has 0 saturated carbocycles. The Bertz CT molecular complexity index is 1070. The Morgan fingerprint density at radius 3 is 2.00 bits per heavy atom. The highest BCUT2D eigenvalue weighted by Gasteiger charge is 2.30. The molecule has 12 heteroatoms. The fourth-order valence-corrected chi connectivity index (χ4v) is 4.67. The lowest BCUT2D eigenvalue weighted by Gasteiger charge is -2.33. The van der Waals surface area contributed by atoms with Crippen LogP contribution in [-0.4, -0.2) is 70.2 Å². The summed E-state index contributed by atoms with van der Waals surface area (Å²) in [6.45, 7) is 8.46. The summed E-state index contributed by atoms with van der Waals surface area (Å²) in [7, 11) is 0. The van der Waals surface area contributed by atoms with Gasteiger partial charge in [-0.2, -0.15) is 0 Å². The van der Waals surface area contributed by atoms with Gasteiger partial charge in [-0.1, -0.05) is 35.3 Å². The molecule has 216 valence electrons. The van der Waals surface area contributed by atoms with Crippen LogP contribution in [0.25, 0.3) is 0 Å². The first-order chi connectivity index (χ1) is 18.5. The second-order valence-electron chi connectivity index (χ2n) is 8.93. The average molecular weight is 603 g/mol. The number of nitrogens with zero attached hydrogens (tertiary/aromatic N) is 2. The van der Waals surface area contributed by atoms with Gasteiger partial charge in [-0.25, -0.2) is 4.21 Å². The van der Waals surface area contributed by atoms with E-state index >= 15 is 0 Å². The molecular weight excluding hydrogens is 565 g/mol. The molecule has 0 aliphatic heterocycles. The molecule has 0 saturated heterocycles. The number of hydrogen-bond acceptors (Lipinski definition) is 5. The minimum absolute atomic E-state index is 0.0525. The lowest BCUT2D eigenvalue weighted by Crippen LogP contribution is -2.54. The summed E-state index contributed by atoms with van der Waals surface area (Å²) in [4.78, 5) is 28.5. The maximum Gasteiger partial charge on any atom is 0.261 e. The Morgan fingerprint density at radius 1 is 0.974 bits per heavy atom. The molecule has 0 aliphatic carbocycles. The van der Waals surface area contributed by atoms with E-state index in [9.17, 15) is 18.4 Å². The van der Waals surface area contributed by atoms with Crippen LogP contribution in [0.5, 0.6) is 0 Å². The van der Waals surface area contributed by atoms with Crippen molar-refractivity contribution >= 4 is 52.0 Å². The van der Waals surface area contributed by atoms with Crippen LogP contribution in [0.4, 0.5) is 5.69 Å². The van der Waals surface area contributed by atoms with Gasteiger partial charge in [-0.3, -0.25) is 18.4 Å². The Kier molecular flexibility index (Phi) is 14.2. The molecule has 2 atom stereocenters. The van der Waals surface area contributed by atoms with E-state index in [1.54, 1.807) is 53.4 Å². The van der Waals surface area contributed by atoms with Gasteiger partial charge in [0.2, 0.25) is 11.8 Å². The maximum absolute atomic E-state index is 13.8. The van der Waals surface area contributed by atoms with Crippen LogP contribution in [0.1, 0.15) is 39.7 Å². The van der Waals surface area contributed by atoms with Crippen molar-refractivity contribution in [1.29, 1.82) is 0 Å². The standard InChI is InChI=1S/C27H37Cl2N3O6S/c1-5-37-26(38-6-2)18-31(19(3)4)27(34)24(17-20-7-9-21(28)10-8-20)30-25(33)15-16-32(39(35)36)23-13-11-22(29)12-14-23/h7-14,19,24,26H,5-6,15-18H2,1-4H3,(H,30,33)(H,35,36). The van der Waals surface area contributed by atoms with E-state index in [-0.39, 0.29) is 37.9 Å². The van der Waals surface area contributed by atoms with Gasteiger partial charge in [0.15, 0.2) is 6.29 Å². The molecule has 2 unspecified atom stereocenters. The van der Waals surface area contributed by atoms with Crippen molar-refractivity contribution in [3.05, 3.63) is 64.1 Å². The van der Waals surface area contributed by atoms with Crippen molar-refractivity contribution in [2.75, 3.05) is 30.6 Å². The van der Waals surface area contributed by atoms with Crippen LogP contribution >= 0.6 is 23.2 Å². The smallest absolute Gasteiger partial charge is 0.261 e. The number of ether oxygens (including phenoxy) is 2. The fraction of sp³-hybridized carbons (Fsp3) is 0.481. The zero-order valence-electron chi connectivity index (χ0n) is 22.6. The van der Waals surface area contributed by atoms with Crippen molar-refractivity contribution in [2.24, 2.45) is 0 Å². The first-order valence-corrected chi connectivity index (χ1v) is 14.6. The molecule has 2 aromatic carbocycles. The van der Waals surface area contributed by atoms with Crippen molar-refractivity contribution in [1.82, 2.24) is 10.2 Å². The number of carbonyl (C=O) groups excluding carboxylic acids is 2. The fourth-order valence-electron chi connectivity index (χ4n) is 3.87. The van der Waals surface area contributed by atoms with E-state index in [0.29, 0.717) is 28.9 Å². The maximum atomic E-state index is 13.8. The van der Waals surface area contributed by atoms with Crippen LogP contribution in [0.15, 0.2) is 48.5 Å². The molecule has 0 aliphatic rings. The highest BCUT2D eigenvalue weighted by atomic mass is 35.5. The van der Waals surface area contributed by atoms with Gasteiger partial charge < -0.3 is 19.7 Å². The summed E-state index contributed by atoms with van der Waals surface area (Å²) < 4.78 is 34.2. The number of hydrogen-bond donors (Lipinski definition) is 2. The van der Waals surface area contributed by atoms with Crippen LogP contribution in [0.2, 0.25) is 10.0 Å². The van der Waals surface area contributed by atoms with Gasteiger partial charge in [-0.05, 0) is 69.7 Å². The summed E-state index contributed by atoms with van der Waals surface area (Å²) in [5.41, 5.74) is 1.25. The Morgan fingerprint density at radius 2 is 1.51 bits per heavy atom. The lowest BCUT2D eigenvalue weighted by molar-refractivity contribution is -0.163. The van der Waals surface area contributed by atoms with Crippen molar-refractivity contribution in [3.8, 4) is 0 Å².